The first kappa shape index (κ1) is 12.7. The molecular weight excluding hydrogens is 252 g/mol. The maximum atomic E-state index is 9.94. The summed E-state index contributed by atoms with van der Waals surface area (Å²) in [7, 11) is 0. The zero-order chi connectivity index (χ0) is 13.4. The van der Waals surface area contributed by atoms with Crippen LogP contribution in [0.5, 0.6) is 0 Å². The van der Waals surface area contributed by atoms with Gasteiger partial charge in [-0.3, -0.25) is 4.99 Å². The molecule has 1 saturated heterocycles. The summed E-state index contributed by atoms with van der Waals surface area (Å²) in [5, 5.41) is 35.0. The minimum Gasteiger partial charge on any atom is -0.394 e. The Labute approximate surface area is 110 Å². The van der Waals surface area contributed by atoms with Crippen molar-refractivity contribution in [1.29, 1.82) is 0 Å². The van der Waals surface area contributed by atoms with Gasteiger partial charge in [-0.05, 0) is 0 Å². The fraction of sp³-hybridized carbons (Fsp3) is 0.727. The monoisotopic (exact) mass is 270 g/mol. The van der Waals surface area contributed by atoms with Crippen LogP contribution in [0.15, 0.2) is 16.5 Å². The van der Waals surface area contributed by atoms with Crippen LogP contribution in [0, 0.1) is 0 Å². The van der Waals surface area contributed by atoms with E-state index >= 15 is 0 Å². The molecule has 3 aliphatic heterocycles. The number of aliphatic hydroxyl groups is 3. The SMILES string of the molecule is OC[C@H]1O[C@@H](N2CNC3=C2NC=NC[C@H]3O)CC1O. The first-order valence-electron chi connectivity index (χ1n) is 6.32. The van der Waals surface area contributed by atoms with Gasteiger partial charge in [0.15, 0.2) is 0 Å². The highest BCUT2D eigenvalue weighted by Crippen LogP contribution is 2.28. The van der Waals surface area contributed by atoms with Gasteiger partial charge in [0.05, 0.1) is 38.0 Å². The van der Waals surface area contributed by atoms with Crippen molar-refractivity contribution in [2.24, 2.45) is 4.99 Å². The molecule has 3 rings (SSSR count). The maximum Gasteiger partial charge on any atom is 0.135 e. The van der Waals surface area contributed by atoms with E-state index < -0.39 is 18.3 Å². The van der Waals surface area contributed by atoms with Crippen LogP contribution in [0.4, 0.5) is 0 Å². The van der Waals surface area contributed by atoms with Gasteiger partial charge in [-0.1, -0.05) is 0 Å². The van der Waals surface area contributed by atoms with Gasteiger partial charge in [-0.25, -0.2) is 0 Å². The van der Waals surface area contributed by atoms with Crippen LogP contribution in [-0.2, 0) is 4.74 Å². The first-order valence-corrected chi connectivity index (χ1v) is 6.32. The molecule has 0 aromatic rings. The molecule has 0 spiro atoms. The lowest BCUT2D eigenvalue weighted by molar-refractivity contribution is -0.0670. The molecule has 8 heteroatoms. The molecule has 8 nitrogen and oxygen atoms in total. The molecule has 1 fully saturated rings. The first-order chi connectivity index (χ1) is 9.20. The van der Waals surface area contributed by atoms with Crippen molar-refractivity contribution in [2.75, 3.05) is 19.8 Å². The lowest BCUT2D eigenvalue weighted by atomic mass is 10.2. The molecular formula is C11H18N4O4. The van der Waals surface area contributed by atoms with E-state index in [1.165, 1.54) is 0 Å². The summed E-state index contributed by atoms with van der Waals surface area (Å²) < 4.78 is 5.62. The second-order valence-electron chi connectivity index (χ2n) is 4.84. The second-order valence-corrected chi connectivity index (χ2v) is 4.84. The smallest absolute Gasteiger partial charge is 0.135 e. The van der Waals surface area contributed by atoms with Crippen molar-refractivity contribution in [3.05, 3.63) is 11.5 Å². The van der Waals surface area contributed by atoms with Crippen LogP contribution < -0.4 is 10.6 Å². The van der Waals surface area contributed by atoms with Crippen molar-refractivity contribution < 1.29 is 20.1 Å². The van der Waals surface area contributed by atoms with E-state index in [0.717, 1.165) is 0 Å². The Bertz CT molecular complexity index is 413. The van der Waals surface area contributed by atoms with Gasteiger partial charge >= 0.3 is 0 Å². The summed E-state index contributed by atoms with van der Waals surface area (Å²) in [6.07, 6.45) is -0.286. The van der Waals surface area contributed by atoms with E-state index in [9.17, 15) is 10.2 Å². The number of hydrogen-bond acceptors (Lipinski definition) is 8. The minimum atomic E-state index is -0.677. The summed E-state index contributed by atoms with van der Waals surface area (Å²) in [5.74, 6) is 0.713. The van der Waals surface area contributed by atoms with Crippen molar-refractivity contribution in [3.8, 4) is 0 Å². The number of nitrogens with one attached hydrogen (secondary N) is 2. The average molecular weight is 270 g/mol. The number of nitrogens with zero attached hydrogens (tertiary/aromatic N) is 2. The summed E-state index contributed by atoms with van der Waals surface area (Å²) in [6.45, 7) is 0.584. The lowest BCUT2D eigenvalue weighted by Gasteiger charge is -2.27. The quantitative estimate of drug-likeness (QED) is 0.377. The number of hydrogen-bond donors (Lipinski definition) is 5. The van der Waals surface area contributed by atoms with Crippen LogP contribution in [0.1, 0.15) is 6.42 Å². The number of rotatable bonds is 2. The molecule has 5 N–H and O–H groups in total. The van der Waals surface area contributed by atoms with Crippen molar-refractivity contribution in [2.45, 2.75) is 31.0 Å². The van der Waals surface area contributed by atoms with Crippen molar-refractivity contribution >= 4 is 6.34 Å². The van der Waals surface area contributed by atoms with Gasteiger partial charge in [0.2, 0.25) is 0 Å². The summed E-state index contributed by atoms with van der Waals surface area (Å²) in [6, 6.07) is 0. The fourth-order valence-corrected chi connectivity index (χ4v) is 2.59. The summed E-state index contributed by atoms with van der Waals surface area (Å²) >= 11 is 0. The highest BCUT2D eigenvalue weighted by atomic mass is 16.5. The van der Waals surface area contributed by atoms with E-state index in [-0.39, 0.29) is 12.8 Å². The predicted octanol–water partition coefficient (Wildman–Crippen LogP) is -2.52. The molecule has 0 aromatic carbocycles. The summed E-state index contributed by atoms with van der Waals surface area (Å²) in [5.41, 5.74) is 0.683. The van der Waals surface area contributed by atoms with E-state index in [0.29, 0.717) is 31.2 Å². The second kappa shape index (κ2) is 4.97. The van der Waals surface area contributed by atoms with Gasteiger partial charge in [0, 0.05) is 6.42 Å². The molecule has 106 valence electrons. The molecule has 0 amide bonds. The van der Waals surface area contributed by atoms with E-state index in [1.54, 1.807) is 6.34 Å². The van der Waals surface area contributed by atoms with Crippen LogP contribution in [0.25, 0.3) is 0 Å². The van der Waals surface area contributed by atoms with Crippen molar-refractivity contribution in [3.63, 3.8) is 0 Å². The zero-order valence-electron chi connectivity index (χ0n) is 10.4. The number of aliphatic hydroxyl groups excluding tert-OH is 3. The Morgan fingerprint density at radius 1 is 1.47 bits per heavy atom. The van der Waals surface area contributed by atoms with Gasteiger partial charge in [0.25, 0.3) is 0 Å². The van der Waals surface area contributed by atoms with Gasteiger partial charge in [-0.2, -0.15) is 0 Å². The standard InChI is InChI=1S/C11H18N4O4/c16-3-8-6(17)1-9(19-8)15-5-14-10-7(18)2-12-4-13-11(10)15/h4,6-9,14,16-18H,1-3,5H2,(H,12,13)/t6?,7-,8-,9-/m1/s1. The van der Waals surface area contributed by atoms with Crippen LogP contribution in [-0.4, -0.2) is 70.9 Å². The highest BCUT2D eigenvalue weighted by Gasteiger charge is 2.40. The Balaban J connectivity index is 1.78. The fourth-order valence-electron chi connectivity index (χ4n) is 2.59. The predicted molar refractivity (Wildman–Crippen MR) is 65.7 cm³/mol. The third kappa shape index (κ3) is 2.16. The van der Waals surface area contributed by atoms with E-state index in [2.05, 4.69) is 15.6 Å². The molecule has 0 saturated carbocycles. The van der Waals surface area contributed by atoms with E-state index in [4.69, 9.17) is 9.84 Å². The Morgan fingerprint density at radius 3 is 3.05 bits per heavy atom. The number of aliphatic imine (C=N–C) groups is 1. The molecule has 19 heavy (non-hydrogen) atoms. The molecule has 0 bridgehead atoms. The minimum absolute atomic E-state index is 0.206. The van der Waals surface area contributed by atoms with Crippen molar-refractivity contribution in [1.82, 2.24) is 15.5 Å². The Kier molecular flexibility index (Phi) is 3.31. The molecule has 4 atom stereocenters. The summed E-state index contributed by atoms with van der Waals surface area (Å²) in [4.78, 5) is 5.90. The third-order valence-corrected chi connectivity index (χ3v) is 3.62. The highest BCUT2D eigenvalue weighted by molar-refractivity contribution is 5.59. The van der Waals surface area contributed by atoms with E-state index in [1.807, 2.05) is 4.90 Å². The van der Waals surface area contributed by atoms with Gasteiger partial charge in [-0.15, -0.1) is 0 Å². The molecule has 0 aliphatic carbocycles. The third-order valence-electron chi connectivity index (χ3n) is 3.62. The largest absolute Gasteiger partial charge is 0.394 e. The molecule has 0 aromatic heterocycles. The van der Waals surface area contributed by atoms with Crippen LogP contribution in [0.2, 0.25) is 0 Å². The van der Waals surface area contributed by atoms with Gasteiger partial charge in [0.1, 0.15) is 24.3 Å². The zero-order valence-corrected chi connectivity index (χ0v) is 10.4. The average Bonchev–Trinajstić information content (AvgIpc) is 2.93. The van der Waals surface area contributed by atoms with Crippen LogP contribution >= 0.6 is 0 Å². The lowest BCUT2D eigenvalue weighted by Crippen LogP contribution is -2.39. The molecule has 3 heterocycles. The normalized spacial score (nSPS) is 37.9. The molecule has 0 radical (unpaired) electrons. The topological polar surface area (TPSA) is 110 Å². The van der Waals surface area contributed by atoms with Crippen LogP contribution in [0.3, 0.4) is 0 Å². The Hall–Kier alpha value is -1.35. The van der Waals surface area contributed by atoms with Gasteiger partial charge < -0.3 is 35.6 Å². The maximum absolute atomic E-state index is 9.94. The number of ether oxygens (including phenoxy) is 1. The molecule has 1 unspecified atom stereocenters. The molecule has 3 aliphatic rings. The Morgan fingerprint density at radius 2 is 2.32 bits per heavy atom.